The zero-order valence-electron chi connectivity index (χ0n) is 11.9. The monoisotopic (exact) mass is 299 g/mol. The first-order valence-corrected chi connectivity index (χ1v) is 8.50. The molecule has 0 unspecified atom stereocenters. The molecule has 3 aliphatic rings. The van der Waals surface area contributed by atoms with Crippen LogP contribution < -0.4 is 5.73 Å². The van der Waals surface area contributed by atoms with E-state index >= 15 is 0 Å². The quantitative estimate of drug-likeness (QED) is 0.905. The van der Waals surface area contributed by atoms with Crippen LogP contribution in [0.2, 0.25) is 0 Å². The molecule has 20 heavy (non-hydrogen) atoms. The number of sulfonamides is 1. The summed E-state index contributed by atoms with van der Waals surface area (Å²) in [4.78, 5) is 0.220. The Morgan fingerprint density at radius 1 is 1.40 bits per heavy atom. The van der Waals surface area contributed by atoms with Gasteiger partial charge in [0.2, 0.25) is 10.0 Å². The van der Waals surface area contributed by atoms with Crippen LogP contribution in [0.4, 0.5) is 0 Å². The van der Waals surface area contributed by atoms with Gasteiger partial charge in [-0.15, -0.1) is 0 Å². The van der Waals surface area contributed by atoms with Crippen LogP contribution >= 0.6 is 0 Å². The summed E-state index contributed by atoms with van der Waals surface area (Å²) in [5, 5.41) is 3.78. The minimum atomic E-state index is -3.58. The predicted octanol–water partition coefficient (Wildman–Crippen LogP) is 1.18. The number of fused-ring (bicyclic) bond motifs is 3. The van der Waals surface area contributed by atoms with Crippen molar-refractivity contribution >= 4 is 10.0 Å². The molecule has 4 rings (SSSR count). The highest BCUT2D eigenvalue weighted by Gasteiger charge is 2.51. The molecule has 0 atom stereocenters. The third-order valence-electron chi connectivity index (χ3n) is 4.88. The molecule has 3 fully saturated rings. The van der Waals surface area contributed by atoms with E-state index in [-0.39, 0.29) is 4.90 Å². The first-order chi connectivity index (χ1) is 9.40. The minimum Gasteiger partial charge on any atom is -0.360 e. The minimum absolute atomic E-state index is 0.220. The van der Waals surface area contributed by atoms with Crippen LogP contribution in [0.25, 0.3) is 0 Å². The summed E-state index contributed by atoms with van der Waals surface area (Å²) >= 11 is 0. The van der Waals surface area contributed by atoms with Gasteiger partial charge in [-0.05, 0) is 45.4 Å². The van der Waals surface area contributed by atoms with Crippen molar-refractivity contribution in [2.24, 2.45) is 11.7 Å². The first kappa shape index (κ1) is 14.0. The van der Waals surface area contributed by atoms with Crippen LogP contribution in [0.3, 0.4) is 0 Å². The second-order valence-electron chi connectivity index (χ2n) is 6.06. The van der Waals surface area contributed by atoms with E-state index < -0.39 is 15.6 Å². The Morgan fingerprint density at radius 3 is 2.55 bits per heavy atom. The lowest BCUT2D eigenvalue weighted by Gasteiger charge is -2.53. The molecule has 2 aliphatic heterocycles. The second kappa shape index (κ2) is 4.54. The summed E-state index contributed by atoms with van der Waals surface area (Å²) in [5.74, 6) is 0.815. The molecule has 6 nitrogen and oxygen atoms in total. The first-order valence-electron chi connectivity index (χ1n) is 7.06. The molecular weight excluding hydrogens is 278 g/mol. The number of aryl methyl sites for hydroxylation is 2. The number of aromatic nitrogens is 1. The molecule has 1 aromatic rings. The van der Waals surface area contributed by atoms with Crippen molar-refractivity contribution in [2.75, 3.05) is 13.1 Å². The van der Waals surface area contributed by atoms with Crippen LogP contribution in [0, 0.1) is 19.8 Å². The van der Waals surface area contributed by atoms with Crippen molar-refractivity contribution in [2.45, 2.75) is 50.0 Å². The van der Waals surface area contributed by atoms with Gasteiger partial charge in [0.25, 0.3) is 0 Å². The third kappa shape index (κ3) is 1.83. The van der Waals surface area contributed by atoms with Gasteiger partial charge in [-0.3, -0.25) is 0 Å². The standard InChI is InChI=1S/C13H21N3O3S/c1-9-12(10(2)19-15-9)20(17,18)16-7-11-3-5-13(16,8-14)6-4-11/h11H,3-8,14H2,1-2H3. The van der Waals surface area contributed by atoms with Gasteiger partial charge in [-0.25, -0.2) is 8.42 Å². The molecule has 0 radical (unpaired) electrons. The van der Waals surface area contributed by atoms with Crippen molar-refractivity contribution < 1.29 is 12.9 Å². The van der Waals surface area contributed by atoms with Crippen molar-refractivity contribution in [1.29, 1.82) is 0 Å². The molecule has 112 valence electrons. The Kier molecular flexibility index (Phi) is 3.19. The van der Waals surface area contributed by atoms with Gasteiger partial charge < -0.3 is 10.3 Å². The van der Waals surface area contributed by atoms with Gasteiger partial charge in [-0.1, -0.05) is 5.16 Å². The number of nitrogens with zero attached hydrogens (tertiary/aromatic N) is 2. The van der Waals surface area contributed by atoms with E-state index in [1.807, 2.05) is 0 Å². The van der Waals surface area contributed by atoms with Gasteiger partial charge in [0.1, 0.15) is 10.6 Å². The predicted molar refractivity (Wildman–Crippen MR) is 73.6 cm³/mol. The number of piperidine rings is 2. The van der Waals surface area contributed by atoms with Crippen LogP contribution in [0.15, 0.2) is 9.42 Å². The van der Waals surface area contributed by atoms with Gasteiger partial charge in [0.15, 0.2) is 5.76 Å². The molecule has 0 amide bonds. The number of hydrogen-bond acceptors (Lipinski definition) is 5. The maximum absolute atomic E-state index is 13.0. The molecule has 7 heteroatoms. The summed E-state index contributed by atoms with van der Waals surface area (Å²) in [6.45, 7) is 4.26. The molecule has 1 aliphatic carbocycles. The van der Waals surface area contributed by atoms with E-state index in [4.69, 9.17) is 10.3 Å². The van der Waals surface area contributed by atoms with Crippen molar-refractivity contribution in [1.82, 2.24) is 9.46 Å². The lowest BCUT2D eigenvalue weighted by Crippen LogP contribution is -2.63. The van der Waals surface area contributed by atoms with Crippen molar-refractivity contribution in [3.63, 3.8) is 0 Å². The highest BCUT2D eigenvalue weighted by Crippen LogP contribution is 2.45. The van der Waals surface area contributed by atoms with Crippen LogP contribution in [-0.4, -0.2) is 36.5 Å². The fourth-order valence-electron chi connectivity index (χ4n) is 3.69. The molecule has 2 bridgehead atoms. The highest BCUT2D eigenvalue weighted by molar-refractivity contribution is 7.89. The van der Waals surface area contributed by atoms with E-state index in [1.165, 1.54) is 0 Å². The van der Waals surface area contributed by atoms with E-state index in [2.05, 4.69) is 5.16 Å². The SMILES string of the molecule is Cc1noc(C)c1S(=O)(=O)N1CC2CCC1(CN)CC2. The molecule has 3 heterocycles. The molecular formula is C13H21N3O3S. The zero-order chi connectivity index (χ0) is 14.5. The summed E-state index contributed by atoms with van der Waals surface area (Å²) in [6, 6.07) is 0. The van der Waals surface area contributed by atoms with Gasteiger partial charge in [-0.2, -0.15) is 4.31 Å². The Bertz CT molecular complexity index is 595. The maximum atomic E-state index is 13.0. The summed E-state index contributed by atoms with van der Waals surface area (Å²) in [6.07, 6.45) is 3.86. The van der Waals surface area contributed by atoms with Crippen LogP contribution in [0.5, 0.6) is 0 Å². The van der Waals surface area contributed by atoms with Crippen molar-refractivity contribution in [3.05, 3.63) is 11.5 Å². The Morgan fingerprint density at radius 2 is 2.05 bits per heavy atom. The topological polar surface area (TPSA) is 89.4 Å². The maximum Gasteiger partial charge on any atom is 0.249 e. The Balaban J connectivity index is 2.08. The van der Waals surface area contributed by atoms with Crippen LogP contribution in [-0.2, 0) is 10.0 Å². The smallest absolute Gasteiger partial charge is 0.249 e. The van der Waals surface area contributed by atoms with Gasteiger partial charge in [0.05, 0.1) is 0 Å². The lowest BCUT2D eigenvalue weighted by atomic mass is 9.72. The molecule has 2 saturated heterocycles. The number of rotatable bonds is 3. The van der Waals surface area contributed by atoms with Gasteiger partial charge >= 0.3 is 0 Å². The van der Waals surface area contributed by atoms with Crippen LogP contribution in [0.1, 0.15) is 37.1 Å². The van der Waals surface area contributed by atoms with E-state index in [0.29, 0.717) is 30.5 Å². The number of hydrogen-bond donors (Lipinski definition) is 1. The van der Waals surface area contributed by atoms with Gasteiger partial charge in [0, 0.05) is 18.6 Å². The normalized spacial score (nSPS) is 30.9. The Hall–Kier alpha value is -0.920. The molecule has 0 aromatic carbocycles. The fraction of sp³-hybridized carbons (Fsp3) is 0.769. The molecule has 1 saturated carbocycles. The average molecular weight is 299 g/mol. The third-order valence-corrected chi connectivity index (χ3v) is 7.10. The fourth-order valence-corrected chi connectivity index (χ4v) is 5.89. The molecule has 2 N–H and O–H groups in total. The van der Waals surface area contributed by atoms with E-state index in [9.17, 15) is 8.42 Å². The largest absolute Gasteiger partial charge is 0.360 e. The molecule has 1 aromatic heterocycles. The lowest BCUT2D eigenvalue weighted by molar-refractivity contribution is 0.0354. The van der Waals surface area contributed by atoms with E-state index in [0.717, 1.165) is 25.7 Å². The average Bonchev–Trinajstić information content (AvgIpc) is 2.80. The second-order valence-corrected chi connectivity index (χ2v) is 7.86. The highest BCUT2D eigenvalue weighted by atomic mass is 32.2. The summed E-state index contributed by atoms with van der Waals surface area (Å²) < 4.78 is 32.7. The summed E-state index contributed by atoms with van der Waals surface area (Å²) in [7, 11) is -3.58. The Labute approximate surface area is 119 Å². The summed E-state index contributed by atoms with van der Waals surface area (Å²) in [5.41, 5.74) is 5.96. The van der Waals surface area contributed by atoms with E-state index in [1.54, 1.807) is 18.2 Å². The number of nitrogens with two attached hydrogens (primary N) is 1. The molecule has 0 spiro atoms. The van der Waals surface area contributed by atoms with Crippen molar-refractivity contribution in [3.8, 4) is 0 Å². The zero-order valence-corrected chi connectivity index (χ0v) is 12.7.